The molecule has 0 aliphatic rings. The highest BCUT2D eigenvalue weighted by Gasteiger charge is 2.18. The lowest BCUT2D eigenvalue weighted by molar-refractivity contribution is -0.115. The van der Waals surface area contributed by atoms with Crippen molar-refractivity contribution in [2.75, 3.05) is 24.4 Å². The number of carbonyl (C=O) groups is 3. The van der Waals surface area contributed by atoms with E-state index >= 15 is 0 Å². The maximum atomic E-state index is 13.4. The molecule has 0 aliphatic carbocycles. The molecule has 4 rings (SSSR count). The first-order valence-corrected chi connectivity index (χ1v) is 14.6. The van der Waals surface area contributed by atoms with E-state index in [2.05, 4.69) is 16.0 Å². The van der Waals surface area contributed by atoms with Gasteiger partial charge in [-0.3, -0.25) is 14.4 Å². The van der Waals surface area contributed by atoms with Gasteiger partial charge in [-0.1, -0.05) is 48.5 Å². The number of hydrogen-bond acceptors (Lipinski definition) is 6. The minimum Gasteiger partial charge on any atom is -0.496 e. The van der Waals surface area contributed by atoms with E-state index in [1.54, 1.807) is 67.8 Å². The highest BCUT2D eigenvalue weighted by Crippen LogP contribution is 2.28. The number of carbonyl (C=O) groups excluding carboxylic acids is 3. The van der Waals surface area contributed by atoms with Gasteiger partial charge in [0, 0.05) is 21.7 Å². The number of hydrogen-bond donors (Lipinski definition) is 3. The van der Waals surface area contributed by atoms with Gasteiger partial charge in [-0.25, -0.2) is 0 Å². The van der Waals surface area contributed by atoms with Gasteiger partial charge in [0.2, 0.25) is 5.91 Å². The van der Waals surface area contributed by atoms with Gasteiger partial charge >= 0.3 is 0 Å². The number of rotatable bonds is 12. The predicted molar refractivity (Wildman–Crippen MR) is 172 cm³/mol. The standard InChI is InChI=1S/C34H33N3O5S/c1-4-42-31-17-11-9-15-28(31)36-32(38)23(2)43-27-20-18-26(19-21-27)35-34(40)29(22-25-14-8-10-16-30(25)41-3)37-33(39)24-12-6-5-7-13-24/h5-23H,4H2,1-3H3,(H,35,40)(H,36,38)(H,37,39)/b29-22-. The van der Waals surface area contributed by atoms with Crippen LogP contribution in [0.5, 0.6) is 11.5 Å². The molecule has 0 bridgehead atoms. The molecule has 3 amide bonds. The monoisotopic (exact) mass is 595 g/mol. The molecule has 4 aromatic rings. The molecule has 9 heteroatoms. The van der Waals surface area contributed by atoms with Gasteiger partial charge in [0.25, 0.3) is 11.8 Å². The molecule has 43 heavy (non-hydrogen) atoms. The van der Waals surface area contributed by atoms with Gasteiger partial charge < -0.3 is 25.4 Å². The molecule has 0 aromatic heterocycles. The lowest BCUT2D eigenvalue weighted by atomic mass is 10.1. The zero-order valence-corrected chi connectivity index (χ0v) is 24.9. The molecule has 0 saturated carbocycles. The summed E-state index contributed by atoms with van der Waals surface area (Å²) in [5.74, 6) is 0.100. The van der Waals surface area contributed by atoms with Gasteiger partial charge in [-0.05, 0) is 74.5 Å². The van der Waals surface area contributed by atoms with E-state index in [4.69, 9.17) is 9.47 Å². The average Bonchev–Trinajstić information content (AvgIpc) is 3.03. The summed E-state index contributed by atoms with van der Waals surface area (Å²) in [5, 5.41) is 8.12. The third-order valence-electron chi connectivity index (χ3n) is 6.21. The van der Waals surface area contributed by atoms with Crippen LogP contribution < -0.4 is 25.4 Å². The highest BCUT2D eigenvalue weighted by molar-refractivity contribution is 8.00. The molecule has 1 unspecified atom stereocenters. The number of para-hydroxylation sites is 3. The topological polar surface area (TPSA) is 106 Å². The molecule has 8 nitrogen and oxygen atoms in total. The van der Waals surface area contributed by atoms with Crippen molar-refractivity contribution in [3.63, 3.8) is 0 Å². The summed E-state index contributed by atoms with van der Waals surface area (Å²) in [5.41, 5.74) is 2.25. The zero-order chi connectivity index (χ0) is 30.6. The smallest absolute Gasteiger partial charge is 0.272 e. The number of amides is 3. The van der Waals surface area contributed by atoms with Crippen molar-refractivity contribution < 1.29 is 23.9 Å². The minimum atomic E-state index is -0.503. The fourth-order valence-corrected chi connectivity index (χ4v) is 4.91. The predicted octanol–water partition coefficient (Wildman–Crippen LogP) is 6.62. The lowest BCUT2D eigenvalue weighted by Crippen LogP contribution is -2.30. The van der Waals surface area contributed by atoms with E-state index in [0.717, 1.165) is 4.90 Å². The molecule has 220 valence electrons. The van der Waals surface area contributed by atoms with Gasteiger partial charge in [0.1, 0.15) is 17.2 Å². The number of methoxy groups -OCH3 is 1. The maximum absolute atomic E-state index is 13.4. The molecular weight excluding hydrogens is 562 g/mol. The quantitative estimate of drug-likeness (QED) is 0.126. The van der Waals surface area contributed by atoms with Crippen LogP contribution in [0.2, 0.25) is 0 Å². The SMILES string of the molecule is CCOc1ccccc1NC(=O)C(C)Sc1ccc(NC(=O)/C(=C/c2ccccc2OC)NC(=O)c2ccccc2)cc1. The van der Waals surface area contributed by atoms with Crippen molar-refractivity contribution in [2.45, 2.75) is 24.0 Å². The third-order valence-corrected chi connectivity index (χ3v) is 7.32. The fourth-order valence-electron chi connectivity index (χ4n) is 4.04. The van der Waals surface area contributed by atoms with Crippen molar-refractivity contribution in [3.05, 3.63) is 120 Å². The van der Waals surface area contributed by atoms with E-state index in [1.807, 2.05) is 62.4 Å². The third kappa shape index (κ3) is 8.73. The van der Waals surface area contributed by atoms with Crippen LogP contribution in [0.4, 0.5) is 11.4 Å². The second-order valence-electron chi connectivity index (χ2n) is 9.28. The Balaban J connectivity index is 1.44. The summed E-state index contributed by atoms with van der Waals surface area (Å²) in [4.78, 5) is 40.0. The number of ether oxygens (including phenoxy) is 2. The Labute approximate surface area is 255 Å². The normalized spacial score (nSPS) is 11.7. The van der Waals surface area contributed by atoms with Crippen LogP contribution in [0, 0.1) is 0 Å². The number of benzene rings is 4. The molecule has 0 spiro atoms. The maximum Gasteiger partial charge on any atom is 0.272 e. The van der Waals surface area contributed by atoms with E-state index in [0.29, 0.717) is 40.6 Å². The molecule has 0 heterocycles. The molecule has 1 atom stereocenters. The van der Waals surface area contributed by atoms with Crippen molar-refractivity contribution in [1.82, 2.24) is 5.32 Å². The van der Waals surface area contributed by atoms with Crippen LogP contribution in [-0.4, -0.2) is 36.7 Å². The first kappa shape index (κ1) is 30.9. The second-order valence-corrected chi connectivity index (χ2v) is 10.7. The molecule has 0 radical (unpaired) electrons. The second kappa shape index (κ2) is 15.3. The van der Waals surface area contributed by atoms with E-state index < -0.39 is 17.1 Å². The summed E-state index contributed by atoms with van der Waals surface area (Å²) in [6, 6.07) is 30.3. The molecule has 3 N–H and O–H groups in total. The Bertz CT molecular complexity index is 1590. The summed E-state index contributed by atoms with van der Waals surface area (Å²) in [7, 11) is 1.54. The number of nitrogens with one attached hydrogen (secondary N) is 3. The Morgan fingerprint density at radius 2 is 1.47 bits per heavy atom. The number of anilines is 2. The van der Waals surface area contributed by atoms with E-state index in [-0.39, 0.29) is 11.6 Å². The molecule has 0 fully saturated rings. The van der Waals surface area contributed by atoms with Crippen LogP contribution in [0.3, 0.4) is 0 Å². The van der Waals surface area contributed by atoms with Crippen molar-refractivity contribution in [1.29, 1.82) is 0 Å². The Morgan fingerprint density at radius 1 is 0.814 bits per heavy atom. The van der Waals surface area contributed by atoms with Crippen molar-refractivity contribution in [3.8, 4) is 11.5 Å². The summed E-state index contributed by atoms with van der Waals surface area (Å²) >= 11 is 1.39. The lowest BCUT2D eigenvalue weighted by Gasteiger charge is -2.15. The Kier molecular flexibility index (Phi) is 11.0. The molecule has 0 saturated heterocycles. The van der Waals surface area contributed by atoms with Gasteiger partial charge in [-0.15, -0.1) is 11.8 Å². The van der Waals surface area contributed by atoms with Crippen LogP contribution >= 0.6 is 11.8 Å². The highest BCUT2D eigenvalue weighted by atomic mass is 32.2. The summed E-state index contributed by atoms with van der Waals surface area (Å²) in [6.45, 7) is 4.21. The van der Waals surface area contributed by atoms with E-state index in [1.165, 1.54) is 11.8 Å². The Hall–Kier alpha value is -5.02. The molecule has 0 aliphatic heterocycles. The van der Waals surface area contributed by atoms with E-state index in [9.17, 15) is 14.4 Å². The zero-order valence-electron chi connectivity index (χ0n) is 24.1. The van der Waals surface area contributed by atoms with Crippen LogP contribution in [-0.2, 0) is 9.59 Å². The first-order valence-electron chi connectivity index (χ1n) is 13.7. The van der Waals surface area contributed by atoms with Crippen LogP contribution in [0.15, 0.2) is 114 Å². The van der Waals surface area contributed by atoms with Crippen molar-refractivity contribution in [2.24, 2.45) is 0 Å². The first-order chi connectivity index (χ1) is 20.9. The minimum absolute atomic E-state index is 0.0504. The molecular formula is C34H33N3O5S. The van der Waals surface area contributed by atoms with Crippen molar-refractivity contribution >= 4 is 46.9 Å². The van der Waals surface area contributed by atoms with Crippen LogP contribution in [0.1, 0.15) is 29.8 Å². The fraction of sp³-hybridized carbons (Fsp3) is 0.147. The Morgan fingerprint density at radius 3 is 2.16 bits per heavy atom. The van der Waals surface area contributed by atoms with Crippen LogP contribution in [0.25, 0.3) is 6.08 Å². The summed E-state index contributed by atoms with van der Waals surface area (Å²) < 4.78 is 11.0. The summed E-state index contributed by atoms with van der Waals surface area (Å²) in [6.07, 6.45) is 1.57. The van der Waals surface area contributed by atoms with Gasteiger partial charge in [-0.2, -0.15) is 0 Å². The largest absolute Gasteiger partial charge is 0.496 e. The van der Waals surface area contributed by atoms with Gasteiger partial charge in [0.05, 0.1) is 24.7 Å². The van der Waals surface area contributed by atoms with Gasteiger partial charge in [0.15, 0.2) is 0 Å². The average molecular weight is 596 g/mol. The molecule has 4 aromatic carbocycles. The number of thioether (sulfide) groups is 1.